The first-order valence-electron chi connectivity index (χ1n) is 7.37. The van der Waals surface area contributed by atoms with E-state index in [-0.39, 0.29) is 24.3 Å². The third kappa shape index (κ3) is 2.65. The molecule has 1 amide bonds. The summed E-state index contributed by atoms with van der Waals surface area (Å²) < 4.78 is 13.1. The Morgan fingerprint density at radius 3 is 3.10 bits per heavy atom. The summed E-state index contributed by atoms with van der Waals surface area (Å²) in [6.07, 6.45) is 7.21. The van der Waals surface area contributed by atoms with Gasteiger partial charge in [-0.25, -0.2) is 9.78 Å². The van der Waals surface area contributed by atoms with E-state index in [4.69, 9.17) is 9.47 Å². The Labute approximate surface area is 118 Å². The van der Waals surface area contributed by atoms with Crippen LogP contribution >= 0.6 is 0 Å². The van der Waals surface area contributed by atoms with Crippen LogP contribution < -0.4 is 5.32 Å². The van der Waals surface area contributed by atoms with Crippen molar-refractivity contribution < 1.29 is 14.3 Å². The highest BCUT2D eigenvalue weighted by Crippen LogP contribution is 2.28. The highest BCUT2D eigenvalue weighted by Gasteiger charge is 2.34. The Hall–Kier alpha value is -1.56. The summed E-state index contributed by atoms with van der Waals surface area (Å²) in [5.74, 6) is 0.874. The van der Waals surface area contributed by atoms with Crippen LogP contribution in [-0.4, -0.2) is 34.4 Å². The molecule has 1 aliphatic carbocycles. The highest BCUT2D eigenvalue weighted by molar-refractivity contribution is 5.68. The van der Waals surface area contributed by atoms with Gasteiger partial charge in [-0.3, -0.25) is 0 Å². The van der Waals surface area contributed by atoms with Crippen molar-refractivity contribution in [2.24, 2.45) is 0 Å². The summed E-state index contributed by atoms with van der Waals surface area (Å²) in [6.45, 7) is 3.54. The lowest BCUT2D eigenvalue weighted by Gasteiger charge is -2.27. The van der Waals surface area contributed by atoms with Crippen LogP contribution in [0, 0.1) is 0 Å². The van der Waals surface area contributed by atoms with Gasteiger partial charge in [0.05, 0.1) is 6.04 Å². The summed E-state index contributed by atoms with van der Waals surface area (Å²) in [7, 11) is 0. The molecule has 1 aromatic heterocycles. The van der Waals surface area contributed by atoms with E-state index in [1.54, 1.807) is 6.20 Å². The number of ether oxygens (including phenoxy) is 2. The van der Waals surface area contributed by atoms with Crippen molar-refractivity contribution in [3.05, 3.63) is 18.2 Å². The molecule has 3 rings (SSSR count). The molecule has 1 N–H and O–H groups in total. The average molecular weight is 279 g/mol. The van der Waals surface area contributed by atoms with E-state index in [0.717, 1.165) is 38.1 Å². The number of hydrogen-bond acceptors (Lipinski definition) is 4. The Morgan fingerprint density at radius 1 is 1.55 bits per heavy atom. The third-order valence-corrected chi connectivity index (χ3v) is 4.06. The molecule has 2 aliphatic rings. The maximum absolute atomic E-state index is 11.9. The van der Waals surface area contributed by atoms with E-state index in [2.05, 4.69) is 17.2 Å². The Balaban J connectivity index is 1.61. The van der Waals surface area contributed by atoms with Crippen molar-refractivity contribution in [1.82, 2.24) is 14.9 Å². The van der Waals surface area contributed by atoms with Crippen LogP contribution in [0.3, 0.4) is 0 Å². The van der Waals surface area contributed by atoms with Crippen molar-refractivity contribution in [1.29, 1.82) is 0 Å². The lowest BCUT2D eigenvalue weighted by Crippen LogP contribution is -2.40. The normalized spacial score (nSPS) is 26.2. The van der Waals surface area contributed by atoms with Gasteiger partial charge in [0, 0.05) is 25.5 Å². The fraction of sp³-hybridized carbons (Fsp3) is 0.714. The van der Waals surface area contributed by atoms with E-state index >= 15 is 0 Å². The van der Waals surface area contributed by atoms with Gasteiger partial charge in [-0.2, -0.15) is 0 Å². The number of nitrogens with zero attached hydrogens (tertiary/aromatic N) is 2. The van der Waals surface area contributed by atoms with E-state index < -0.39 is 0 Å². The van der Waals surface area contributed by atoms with Crippen molar-refractivity contribution >= 4 is 6.09 Å². The highest BCUT2D eigenvalue weighted by atomic mass is 16.6. The second-order valence-electron chi connectivity index (χ2n) is 5.36. The number of aromatic nitrogens is 2. The third-order valence-electron chi connectivity index (χ3n) is 4.06. The van der Waals surface area contributed by atoms with Gasteiger partial charge in [0.1, 0.15) is 18.0 Å². The number of imidazole rings is 1. The van der Waals surface area contributed by atoms with Gasteiger partial charge < -0.3 is 19.4 Å². The maximum atomic E-state index is 11.9. The Kier molecular flexibility index (Phi) is 3.91. The fourth-order valence-electron chi connectivity index (χ4n) is 2.66. The molecule has 2 atom stereocenters. The zero-order valence-electron chi connectivity index (χ0n) is 11.7. The molecule has 0 bridgehead atoms. The van der Waals surface area contributed by atoms with E-state index in [1.165, 1.54) is 0 Å². The molecule has 0 aromatic carbocycles. The van der Waals surface area contributed by atoms with Gasteiger partial charge in [-0.05, 0) is 32.6 Å². The molecule has 6 nitrogen and oxygen atoms in total. The lowest BCUT2D eigenvalue weighted by atomic mass is 9.96. The maximum Gasteiger partial charge on any atom is 0.407 e. The second kappa shape index (κ2) is 5.83. The van der Waals surface area contributed by atoms with Gasteiger partial charge in [0.15, 0.2) is 0 Å². The summed E-state index contributed by atoms with van der Waals surface area (Å²) in [4.78, 5) is 16.2. The van der Waals surface area contributed by atoms with Gasteiger partial charge in [-0.1, -0.05) is 0 Å². The Bertz CT molecular complexity index is 470. The molecule has 2 heterocycles. The summed E-state index contributed by atoms with van der Waals surface area (Å²) in [6, 6.07) is -0.0599. The van der Waals surface area contributed by atoms with Crippen molar-refractivity contribution in [2.75, 3.05) is 6.61 Å². The van der Waals surface area contributed by atoms with E-state index in [0.29, 0.717) is 6.61 Å². The minimum absolute atomic E-state index is 0.0599. The van der Waals surface area contributed by atoms with Crippen LogP contribution in [0.1, 0.15) is 44.5 Å². The molecule has 2 fully saturated rings. The van der Waals surface area contributed by atoms with Crippen molar-refractivity contribution in [3.8, 4) is 0 Å². The monoisotopic (exact) mass is 279 g/mol. The number of nitrogens with one attached hydrogen (secondary N) is 1. The Morgan fingerprint density at radius 2 is 2.40 bits per heavy atom. The molecule has 0 spiro atoms. The number of alkyl carbamates (subject to hydrolysis) is 1. The predicted molar refractivity (Wildman–Crippen MR) is 72.3 cm³/mol. The van der Waals surface area contributed by atoms with E-state index in [9.17, 15) is 4.79 Å². The molecule has 1 saturated carbocycles. The van der Waals surface area contributed by atoms with Gasteiger partial charge >= 0.3 is 6.09 Å². The first kappa shape index (κ1) is 13.4. The zero-order valence-corrected chi connectivity index (χ0v) is 11.7. The minimum Gasteiger partial charge on any atom is -0.446 e. The molecular formula is C14H21N3O3. The molecule has 1 aromatic rings. The molecular weight excluding hydrogens is 258 g/mol. The summed E-state index contributed by atoms with van der Waals surface area (Å²) in [5.41, 5.74) is 0. The summed E-state index contributed by atoms with van der Waals surface area (Å²) >= 11 is 0. The standard InChI is InChI=1S/C14H21N3O3/c1-2-17-8-7-15-13(17)12-11(6-9-19-12)16-14(18)20-10-4-3-5-10/h7-8,10-12H,2-6,9H2,1H3,(H,16,18)/t11-,12-/m1/s1. The van der Waals surface area contributed by atoms with Crippen LogP contribution in [0.4, 0.5) is 4.79 Å². The number of carbonyl (C=O) groups is 1. The smallest absolute Gasteiger partial charge is 0.407 e. The number of carbonyl (C=O) groups excluding carboxylic acids is 1. The molecule has 0 unspecified atom stereocenters. The minimum atomic E-state index is -0.329. The SMILES string of the molecule is CCn1ccnc1[C@@H]1OCC[C@H]1NC(=O)OC1CCC1. The molecule has 20 heavy (non-hydrogen) atoms. The topological polar surface area (TPSA) is 65.4 Å². The molecule has 1 aliphatic heterocycles. The van der Waals surface area contributed by atoms with Crippen LogP contribution in [0.2, 0.25) is 0 Å². The van der Waals surface area contributed by atoms with Gasteiger partial charge in [0.25, 0.3) is 0 Å². The van der Waals surface area contributed by atoms with Crippen LogP contribution in [0.15, 0.2) is 12.4 Å². The van der Waals surface area contributed by atoms with Crippen LogP contribution in [0.5, 0.6) is 0 Å². The number of rotatable bonds is 4. The van der Waals surface area contributed by atoms with Gasteiger partial charge in [0.2, 0.25) is 0 Å². The summed E-state index contributed by atoms with van der Waals surface area (Å²) in [5, 5.41) is 2.93. The van der Waals surface area contributed by atoms with Gasteiger partial charge in [-0.15, -0.1) is 0 Å². The largest absolute Gasteiger partial charge is 0.446 e. The lowest BCUT2D eigenvalue weighted by molar-refractivity contribution is 0.0439. The fourth-order valence-corrected chi connectivity index (χ4v) is 2.66. The first-order valence-corrected chi connectivity index (χ1v) is 7.37. The molecule has 110 valence electrons. The number of aryl methyl sites for hydroxylation is 1. The van der Waals surface area contributed by atoms with Crippen molar-refractivity contribution in [2.45, 2.75) is 57.4 Å². The van der Waals surface area contributed by atoms with Crippen LogP contribution in [-0.2, 0) is 16.0 Å². The zero-order chi connectivity index (χ0) is 13.9. The second-order valence-corrected chi connectivity index (χ2v) is 5.36. The molecule has 6 heteroatoms. The molecule has 0 radical (unpaired) electrons. The number of hydrogen-bond donors (Lipinski definition) is 1. The molecule has 1 saturated heterocycles. The van der Waals surface area contributed by atoms with Crippen molar-refractivity contribution in [3.63, 3.8) is 0 Å². The number of amides is 1. The van der Waals surface area contributed by atoms with Crippen LogP contribution in [0.25, 0.3) is 0 Å². The van der Waals surface area contributed by atoms with E-state index in [1.807, 2.05) is 10.8 Å². The quantitative estimate of drug-likeness (QED) is 0.915. The predicted octanol–water partition coefficient (Wildman–Crippen LogP) is 2.01. The average Bonchev–Trinajstić information content (AvgIpc) is 3.01. The first-order chi connectivity index (χ1) is 9.78.